The van der Waals surface area contributed by atoms with Gasteiger partial charge in [-0.2, -0.15) is 0 Å². The molecule has 296 valence electrons. The molecular weight excluding hydrogens is 753 g/mol. The second-order valence-corrected chi connectivity index (χ2v) is 24.7. The molecule has 0 N–H and O–H groups in total. The predicted molar refractivity (Wildman–Crippen MR) is 270 cm³/mol. The summed E-state index contributed by atoms with van der Waals surface area (Å²) in [6.45, 7) is 2.08. The van der Waals surface area contributed by atoms with Gasteiger partial charge in [0.15, 0.2) is 0 Å². The van der Waals surface area contributed by atoms with E-state index >= 15 is 0 Å². The monoisotopic (exact) mass is 802 g/mol. The van der Waals surface area contributed by atoms with Crippen molar-refractivity contribution >= 4 is 59.2 Å². The first-order valence-corrected chi connectivity index (χ1v) is 25.3. The van der Waals surface area contributed by atoms with E-state index in [2.05, 4.69) is 226 Å². The van der Waals surface area contributed by atoms with Crippen LogP contribution in [0.25, 0.3) is 94.6 Å². The van der Waals surface area contributed by atoms with Crippen LogP contribution in [0.1, 0.15) is 30.9 Å². The summed E-state index contributed by atoms with van der Waals surface area (Å²) in [5, 5.41) is 10.5. The van der Waals surface area contributed by atoms with Crippen LogP contribution in [-0.4, -0.2) is 18.8 Å². The molecule has 11 rings (SSSR count). The lowest BCUT2D eigenvalue weighted by molar-refractivity contribution is 1.08. The number of hydrogen-bond donors (Lipinski definition) is 1. The second-order valence-electron chi connectivity index (χ2n) is 18.2. The van der Waals surface area contributed by atoms with Crippen molar-refractivity contribution in [3.05, 3.63) is 210 Å². The lowest BCUT2D eigenvalue weighted by Gasteiger charge is -2.50. The van der Waals surface area contributed by atoms with E-state index in [1.807, 2.05) is 0 Å². The van der Waals surface area contributed by atoms with Gasteiger partial charge >= 0.3 is 0 Å². The highest BCUT2D eigenvalue weighted by atomic mass is 32.3. The molecule has 1 aliphatic heterocycles. The van der Waals surface area contributed by atoms with Gasteiger partial charge in [0.05, 0.1) is 0 Å². The van der Waals surface area contributed by atoms with E-state index in [4.69, 9.17) is 0 Å². The maximum Gasteiger partial charge on any atom is -0.00257 e. The molecule has 0 saturated heterocycles. The molecule has 2 aliphatic rings. The average Bonchev–Trinajstić information content (AvgIpc) is 3.48. The highest BCUT2D eigenvalue weighted by Gasteiger charge is 2.41. The average molecular weight is 803 g/mol. The van der Waals surface area contributed by atoms with Gasteiger partial charge in [0, 0.05) is 0 Å². The number of rotatable bonds is 6. The summed E-state index contributed by atoms with van der Waals surface area (Å²) in [7, 11) is -2.64. The molecule has 0 aromatic heterocycles. The van der Waals surface area contributed by atoms with E-state index in [0.717, 1.165) is 12.8 Å². The van der Waals surface area contributed by atoms with E-state index in [1.54, 1.807) is 0 Å². The zero-order valence-electron chi connectivity index (χ0n) is 35.4. The Bertz CT molecular complexity index is 3450. The van der Waals surface area contributed by atoms with E-state index in [1.165, 1.54) is 114 Å². The van der Waals surface area contributed by atoms with Gasteiger partial charge in [0.1, 0.15) is 0 Å². The lowest BCUT2D eigenvalue weighted by atomic mass is 9.81. The van der Waals surface area contributed by atoms with Gasteiger partial charge in [-0.15, -0.1) is 0 Å². The molecule has 1 heteroatoms. The van der Waals surface area contributed by atoms with Crippen LogP contribution < -0.4 is 10.4 Å². The maximum absolute atomic E-state index is 2.67. The lowest BCUT2D eigenvalue weighted by Crippen LogP contribution is -2.29. The molecule has 0 fully saturated rings. The molecular formula is C60H50S. The molecule has 0 amide bonds. The maximum atomic E-state index is 2.67. The van der Waals surface area contributed by atoms with Crippen LogP contribution in [-0.2, 0) is 0 Å². The van der Waals surface area contributed by atoms with Crippen LogP contribution in [0.5, 0.6) is 0 Å². The Labute approximate surface area is 359 Å². The largest absolute Gasteiger partial charge is 0.247 e. The van der Waals surface area contributed by atoms with E-state index in [9.17, 15) is 0 Å². The topological polar surface area (TPSA) is 0 Å². The fourth-order valence-electron chi connectivity index (χ4n) is 10.5. The zero-order valence-corrected chi connectivity index (χ0v) is 36.3. The molecule has 1 heterocycles. The van der Waals surface area contributed by atoms with Crippen molar-refractivity contribution in [2.24, 2.45) is 0 Å². The molecule has 1 aliphatic carbocycles. The van der Waals surface area contributed by atoms with Crippen molar-refractivity contribution in [1.29, 1.82) is 0 Å². The van der Waals surface area contributed by atoms with Crippen molar-refractivity contribution < 1.29 is 0 Å². The summed E-state index contributed by atoms with van der Waals surface area (Å²) in [6, 6.07) is 64.4. The summed E-state index contributed by atoms with van der Waals surface area (Å²) in [5.41, 5.74) is 14.4. The van der Waals surface area contributed by atoms with Crippen molar-refractivity contribution in [3.8, 4) is 44.5 Å². The number of fused-ring (bicyclic) bond motifs is 7. The van der Waals surface area contributed by atoms with Gasteiger partial charge in [-0.3, -0.25) is 0 Å². The molecule has 9 aromatic rings. The molecule has 0 nitrogen and oxygen atoms in total. The molecule has 0 spiro atoms. The third kappa shape index (κ3) is 6.06. The molecule has 0 unspecified atom stereocenters. The van der Waals surface area contributed by atoms with Gasteiger partial charge in [-0.05, 0) is 189 Å². The quantitative estimate of drug-likeness (QED) is 0.0966. The molecule has 0 saturated carbocycles. The minimum Gasteiger partial charge on any atom is -0.247 e. The number of thiol groups is 1. The Balaban J connectivity index is 1.32. The normalized spacial score (nSPS) is 15.7. The number of benzene rings is 9. The molecule has 0 radical (unpaired) electrons. The van der Waals surface area contributed by atoms with Gasteiger partial charge in [-0.1, -0.05) is 164 Å². The van der Waals surface area contributed by atoms with Gasteiger partial charge in [0.25, 0.3) is 0 Å². The minimum atomic E-state index is -2.64. The first-order chi connectivity index (χ1) is 29.8. The van der Waals surface area contributed by atoms with Crippen LogP contribution in [0.15, 0.2) is 198 Å². The standard InChI is InChI=1S/C60H50S/c1-5-6-9-24-45-34-47(35-46-25-15-16-27-48(45)46)59-52-33-31-43(40-19-10-7-11-20-40)36-54(52)60(51-29-18-26-42-23-14-17-28-49(42)51)56-39-58-53(38-55(56)59)50-32-30-44(41-21-12-8-13-22-41)37-57(50)61(58,2,3)4/h5-17,19-28,30-39,61H,18,29H2,1-4H3/b6-5-,24-9-. The second kappa shape index (κ2) is 14.2. The third-order valence-corrected chi connectivity index (χ3v) is 17.6. The Morgan fingerprint density at radius 3 is 1.90 bits per heavy atom. The van der Waals surface area contributed by atoms with Crippen LogP contribution in [0.3, 0.4) is 0 Å². The van der Waals surface area contributed by atoms with Gasteiger partial charge in [-0.25, -0.2) is 9.16 Å². The zero-order chi connectivity index (χ0) is 41.3. The molecule has 0 atom stereocenters. The van der Waals surface area contributed by atoms with Crippen LogP contribution in [0.4, 0.5) is 0 Å². The Morgan fingerprint density at radius 2 is 1.11 bits per heavy atom. The summed E-state index contributed by atoms with van der Waals surface area (Å²) < 4.78 is 0. The van der Waals surface area contributed by atoms with Gasteiger partial charge in [0.2, 0.25) is 0 Å². The van der Waals surface area contributed by atoms with E-state index < -0.39 is 9.16 Å². The summed E-state index contributed by atoms with van der Waals surface area (Å²) in [6.07, 6.45) is 20.9. The van der Waals surface area contributed by atoms with Crippen molar-refractivity contribution in [2.75, 3.05) is 18.8 Å². The summed E-state index contributed by atoms with van der Waals surface area (Å²) in [5.74, 6) is 0. The van der Waals surface area contributed by atoms with Gasteiger partial charge < -0.3 is 0 Å². The summed E-state index contributed by atoms with van der Waals surface area (Å²) in [4.78, 5) is 3.01. The molecule has 9 aromatic carbocycles. The van der Waals surface area contributed by atoms with Crippen molar-refractivity contribution in [2.45, 2.75) is 29.6 Å². The smallest absolute Gasteiger partial charge is 0.00257 e. The predicted octanol–water partition coefficient (Wildman–Crippen LogP) is 14.9. The SMILES string of the molecule is C/C=C\C=C/c1cc(-c2c3ccc(-c4ccccc4)cc3c(C3=c4ccccc4=CCC3)c3cc4c(cc23)-c2ccc(-c3ccccc3)cc2[SH]4(C)(C)C)cc2ccccc12. The van der Waals surface area contributed by atoms with E-state index in [-0.39, 0.29) is 0 Å². The first-order valence-electron chi connectivity index (χ1n) is 21.7. The van der Waals surface area contributed by atoms with Crippen molar-refractivity contribution in [3.63, 3.8) is 0 Å². The van der Waals surface area contributed by atoms with Crippen LogP contribution in [0.2, 0.25) is 0 Å². The number of allylic oxidation sites excluding steroid dienone is 3. The minimum absolute atomic E-state index is 0.998. The van der Waals surface area contributed by atoms with Crippen LogP contribution in [0, 0.1) is 0 Å². The van der Waals surface area contributed by atoms with Crippen LogP contribution >= 0.6 is 9.16 Å². The van der Waals surface area contributed by atoms with E-state index in [0.29, 0.717) is 0 Å². The Kier molecular flexibility index (Phi) is 8.71. The fourth-order valence-corrected chi connectivity index (χ4v) is 14.0. The number of hydrogen-bond acceptors (Lipinski definition) is 0. The molecule has 0 bridgehead atoms. The third-order valence-electron chi connectivity index (χ3n) is 13.5. The fraction of sp³-hybridized carbons (Fsp3) is 0.100. The van der Waals surface area contributed by atoms with Crippen molar-refractivity contribution in [1.82, 2.24) is 0 Å². The Hall–Kier alpha value is -6.67. The first kappa shape index (κ1) is 37.3. The molecule has 61 heavy (non-hydrogen) atoms. The highest BCUT2D eigenvalue weighted by Crippen LogP contribution is 2.80. The Morgan fingerprint density at radius 1 is 0.459 bits per heavy atom. The summed E-state index contributed by atoms with van der Waals surface area (Å²) >= 11 is 0. The highest BCUT2D eigenvalue weighted by molar-refractivity contribution is 8.48.